The van der Waals surface area contributed by atoms with Crippen molar-refractivity contribution < 1.29 is 19.4 Å². The zero-order chi connectivity index (χ0) is 35.5. The lowest BCUT2D eigenvalue weighted by molar-refractivity contribution is -0.132. The molecule has 5 rings (SSSR count). The SMILES string of the molecule is CC(c1cn[nH]c1)c1cn(CC(=O)N(CCN(CCO)CCO)Cc2ccc(-c3ccc(Cl)cc3)cc2)c(SCc2ccc(F)cc2)nc1=O. The molecule has 5 aromatic rings. The van der Waals surface area contributed by atoms with Crippen molar-refractivity contribution in [1.29, 1.82) is 0 Å². The predicted octanol–water partition coefficient (Wildman–Crippen LogP) is 5.19. The van der Waals surface area contributed by atoms with Gasteiger partial charge in [0.15, 0.2) is 5.16 Å². The molecule has 0 saturated carbocycles. The maximum atomic E-state index is 14.2. The minimum atomic E-state index is -0.398. The summed E-state index contributed by atoms with van der Waals surface area (Å²) < 4.78 is 15.3. The molecule has 1 amide bonds. The van der Waals surface area contributed by atoms with Crippen molar-refractivity contribution in [3.63, 3.8) is 0 Å². The van der Waals surface area contributed by atoms with Crippen LogP contribution < -0.4 is 5.56 Å². The number of aliphatic hydroxyl groups is 2. The number of aromatic amines is 1. The van der Waals surface area contributed by atoms with Gasteiger partial charge in [-0.2, -0.15) is 10.1 Å². The van der Waals surface area contributed by atoms with Gasteiger partial charge in [-0.25, -0.2) is 4.39 Å². The largest absolute Gasteiger partial charge is 0.395 e. The third-order valence-corrected chi connectivity index (χ3v) is 9.75. The van der Waals surface area contributed by atoms with Gasteiger partial charge >= 0.3 is 0 Å². The van der Waals surface area contributed by atoms with E-state index in [1.165, 1.54) is 23.9 Å². The van der Waals surface area contributed by atoms with Gasteiger partial charge in [-0.05, 0) is 52.1 Å². The van der Waals surface area contributed by atoms with Gasteiger partial charge in [-0.1, -0.05) is 78.8 Å². The molecule has 2 heterocycles. The number of carbonyl (C=O) groups excluding carboxylic acids is 1. The molecule has 3 N–H and O–H groups in total. The number of nitrogens with zero attached hydrogens (tertiary/aromatic N) is 5. The Morgan fingerprint density at radius 3 is 2.20 bits per heavy atom. The van der Waals surface area contributed by atoms with Crippen LogP contribution in [0.3, 0.4) is 0 Å². The van der Waals surface area contributed by atoms with E-state index in [0.29, 0.717) is 54.2 Å². The van der Waals surface area contributed by atoms with E-state index in [4.69, 9.17) is 11.6 Å². The van der Waals surface area contributed by atoms with Crippen LogP contribution >= 0.6 is 23.4 Å². The fraction of sp³-hybridized carbons (Fsp3) is 0.297. The van der Waals surface area contributed by atoms with Crippen LogP contribution in [-0.4, -0.2) is 85.1 Å². The highest BCUT2D eigenvalue weighted by Crippen LogP contribution is 2.26. The molecule has 0 aliphatic carbocycles. The number of aromatic nitrogens is 4. The van der Waals surface area contributed by atoms with Gasteiger partial charge in [0.25, 0.3) is 5.56 Å². The lowest BCUT2D eigenvalue weighted by atomic mass is 9.98. The fourth-order valence-corrected chi connectivity index (χ4v) is 6.55. The molecule has 0 bridgehead atoms. The highest BCUT2D eigenvalue weighted by Gasteiger charge is 2.22. The van der Waals surface area contributed by atoms with Crippen molar-refractivity contribution in [3.8, 4) is 11.1 Å². The smallest absolute Gasteiger partial charge is 0.277 e. The number of halogens is 2. The predicted molar refractivity (Wildman–Crippen MR) is 193 cm³/mol. The Morgan fingerprint density at radius 1 is 0.940 bits per heavy atom. The van der Waals surface area contributed by atoms with Crippen molar-refractivity contribution in [2.45, 2.75) is 36.8 Å². The van der Waals surface area contributed by atoms with E-state index in [2.05, 4.69) is 15.2 Å². The highest BCUT2D eigenvalue weighted by molar-refractivity contribution is 7.98. The Balaban J connectivity index is 1.43. The van der Waals surface area contributed by atoms with E-state index in [-0.39, 0.29) is 37.4 Å². The summed E-state index contributed by atoms with van der Waals surface area (Å²) in [6.45, 7) is 3.46. The van der Waals surface area contributed by atoms with Crippen molar-refractivity contribution >= 4 is 29.3 Å². The molecule has 0 radical (unpaired) electrons. The molecule has 2 aromatic heterocycles. The molecule has 3 aromatic carbocycles. The number of hydrogen-bond donors (Lipinski definition) is 3. The van der Waals surface area contributed by atoms with Crippen LogP contribution in [0.25, 0.3) is 11.1 Å². The molecule has 0 aliphatic rings. The van der Waals surface area contributed by atoms with E-state index < -0.39 is 5.56 Å². The Kier molecular flexibility index (Phi) is 13.3. The van der Waals surface area contributed by atoms with E-state index in [1.807, 2.05) is 60.4 Å². The standard InChI is InChI=1S/C37H40ClFN6O4S/c1-26(31-20-40-41-21-31)34-23-45(37(42-36(34)49)50-25-28-4-12-33(39)13-5-28)24-35(48)44(15-14-43(16-18-46)17-19-47)22-27-2-6-29(7-3-27)30-8-10-32(38)11-9-30/h2-13,20-21,23,26,46-47H,14-19,22,24-25H2,1H3,(H,40,41). The first kappa shape index (κ1) is 36.9. The average Bonchev–Trinajstić information content (AvgIpc) is 3.66. The Hall–Kier alpha value is -4.33. The second kappa shape index (κ2) is 18.1. The monoisotopic (exact) mass is 718 g/mol. The Bertz CT molecular complexity index is 1870. The summed E-state index contributed by atoms with van der Waals surface area (Å²) in [5.41, 5.74) is 4.64. The number of benzene rings is 3. The van der Waals surface area contributed by atoms with Crippen LogP contribution in [0, 0.1) is 5.82 Å². The summed E-state index contributed by atoms with van der Waals surface area (Å²) in [7, 11) is 0. The van der Waals surface area contributed by atoms with Crippen molar-refractivity contribution in [3.05, 3.63) is 135 Å². The van der Waals surface area contributed by atoms with Gasteiger partial charge in [-0.15, -0.1) is 0 Å². The second-order valence-electron chi connectivity index (χ2n) is 11.9. The third kappa shape index (κ3) is 10.1. The molecular weight excluding hydrogens is 679 g/mol. The molecule has 50 heavy (non-hydrogen) atoms. The zero-order valence-corrected chi connectivity index (χ0v) is 29.3. The van der Waals surface area contributed by atoms with Crippen molar-refractivity contribution in [1.82, 2.24) is 29.5 Å². The van der Waals surface area contributed by atoms with Crippen LogP contribution in [0.1, 0.15) is 35.1 Å². The summed E-state index contributed by atoms with van der Waals surface area (Å²) in [6, 6.07) is 21.7. The third-order valence-electron chi connectivity index (χ3n) is 8.43. The first-order valence-corrected chi connectivity index (χ1v) is 17.6. The zero-order valence-electron chi connectivity index (χ0n) is 27.7. The number of thioether (sulfide) groups is 1. The van der Waals surface area contributed by atoms with Gasteiger partial charge < -0.3 is 19.7 Å². The first-order valence-electron chi connectivity index (χ1n) is 16.3. The van der Waals surface area contributed by atoms with Gasteiger partial charge in [0.1, 0.15) is 12.4 Å². The molecule has 0 fully saturated rings. The van der Waals surface area contributed by atoms with Crippen LogP contribution in [0.2, 0.25) is 5.02 Å². The molecule has 13 heteroatoms. The van der Waals surface area contributed by atoms with E-state index in [0.717, 1.165) is 27.8 Å². The minimum Gasteiger partial charge on any atom is -0.395 e. The van der Waals surface area contributed by atoms with Crippen LogP contribution in [0.5, 0.6) is 0 Å². The number of H-pyrrole nitrogens is 1. The number of carbonyl (C=O) groups is 1. The molecular formula is C37H40ClFN6O4S. The second-order valence-corrected chi connectivity index (χ2v) is 13.3. The Morgan fingerprint density at radius 2 is 1.58 bits per heavy atom. The lowest BCUT2D eigenvalue weighted by Crippen LogP contribution is -2.41. The topological polar surface area (TPSA) is 128 Å². The maximum absolute atomic E-state index is 14.2. The molecule has 0 aliphatic heterocycles. The first-order chi connectivity index (χ1) is 24.2. The van der Waals surface area contributed by atoms with Gasteiger partial charge in [-0.3, -0.25) is 19.6 Å². The lowest BCUT2D eigenvalue weighted by Gasteiger charge is -2.28. The molecule has 262 valence electrons. The van der Waals surface area contributed by atoms with Gasteiger partial charge in [0.05, 0.1) is 19.4 Å². The molecule has 10 nitrogen and oxygen atoms in total. The van der Waals surface area contributed by atoms with E-state index in [1.54, 1.807) is 40.2 Å². The highest BCUT2D eigenvalue weighted by atomic mass is 35.5. The summed E-state index contributed by atoms with van der Waals surface area (Å²) in [5, 5.41) is 27.0. The number of hydrogen-bond acceptors (Lipinski definition) is 8. The maximum Gasteiger partial charge on any atom is 0.277 e. The van der Waals surface area contributed by atoms with Crippen molar-refractivity contribution in [2.75, 3.05) is 39.4 Å². The number of rotatable bonds is 17. The molecule has 1 atom stereocenters. The summed E-state index contributed by atoms with van der Waals surface area (Å²) >= 11 is 7.36. The van der Waals surface area contributed by atoms with Crippen LogP contribution in [-0.2, 0) is 23.6 Å². The number of amides is 1. The van der Waals surface area contributed by atoms with E-state index >= 15 is 0 Å². The van der Waals surface area contributed by atoms with E-state index in [9.17, 15) is 24.2 Å². The molecule has 0 saturated heterocycles. The number of aliphatic hydroxyl groups excluding tert-OH is 2. The minimum absolute atomic E-state index is 0.0740. The normalized spacial score (nSPS) is 12.0. The summed E-state index contributed by atoms with van der Waals surface area (Å²) in [4.78, 5) is 35.6. The summed E-state index contributed by atoms with van der Waals surface area (Å²) in [6.07, 6.45) is 5.07. The molecule has 0 spiro atoms. The average molecular weight is 719 g/mol. The fourth-order valence-electron chi connectivity index (χ4n) is 5.51. The Labute approximate surface area is 299 Å². The quantitative estimate of drug-likeness (QED) is 0.0887. The van der Waals surface area contributed by atoms with Crippen molar-refractivity contribution in [2.24, 2.45) is 0 Å². The van der Waals surface area contributed by atoms with Gasteiger partial charge in [0.2, 0.25) is 5.91 Å². The number of nitrogens with one attached hydrogen (secondary N) is 1. The molecule has 1 unspecified atom stereocenters. The van der Waals surface area contributed by atoms with Crippen LogP contribution in [0.4, 0.5) is 4.39 Å². The van der Waals surface area contributed by atoms with Crippen LogP contribution in [0.15, 0.2) is 101 Å². The van der Waals surface area contributed by atoms with Gasteiger partial charge in [0, 0.05) is 67.4 Å². The summed E-state index contributed by atoms with van der Waals surface area (Å²) in [5.74, 6) is -0.450.